The highest BCUT2D eigenvalue weighted by atomic mass is 19.1. The van der Waals surface area contributed by atoms with Crippen molar-refractivity contribution in [1.29, 1.82) is 0 Å². The summed E-state index contributed by atoms with van der Waals surface area (Å²) >= 11 is 0. The molecule has 2 nitrogen and oxygen atoms in total. The van der Waals surface area contributed by atoms with Crippen LogP contribution in [0.2, 0.25) is 0 Å². The van der Waals surface area contributed by atoms with Gasteiger partial charge in [0.05, 0.1) is 5.41 Å². The summed E-state index contributed by atoms with van der Waals surface area (Å²) in [5.74, 6) is -1.43. The average molecular weight is 345 g/mol. The minimum Gasteiger partial charge on any atom is -0.195 e. The Kier molecular flexibility index (Phi) is 4.90. The fourth-order valence-electron chi connectivity index (χ4n) is 4.46. The number of hydrogen-bond acceptors (Lipinski definition) is 1. The van der Waals surface area contributed by atoms with Crippen molar-refractivity contribution in [2.45, 2.75) is 71.3 Å². The van der Waals surface area contributed by atoms with E-state index in [4.69, 9.17) is 0 Å². The summed E-state index contributed by atoms with van der Waals surface area (Å²) in [6, 6.07) is 5.77. The smallest absolute Gasteiger partial charge is 0.195 e. The van der Waals surface area contributed by atoms with Gasteiger partial charge >= 0.3 is 0 Å². The SMILES string of the molecule is CCCCc1cc[n+]2c(c1)-c1c(cc(F)nc1F)C(CC)(CC)C2C. The summed E-state index contributed by atoms with van der Waals surface area (Å²) in [4.78, 5) is 3.49. The zero-order chi connectivity index (χ0) is 18.2. The summed E-state index contributed by atoms with van der Waals surface area (Å²) in [6.07, 6.45) is 6.90. The van der Waals surface area contributed by atoms with Crippen LogP contribution >= 0.6 is 0 Å². The van der Waals surface area contributed by atoms with Crippen molar-refractivity contribution < 1.29 is 13.3 Å². The number of rotatable bonds is 5. The first kappa shape index (κ1) is 18.0. The zero-order valence-electron chi connectivity index (χ0n) is 15.6. The lowest BCUT2D eigenvalue weighted by Crippen LogP contribution is -2.54. The van der Waals surface area contributed by atoms with Crippen LogP contribution < -0.4 is 4.57 Å². The molecule has 0 radical (unpaired) electrons. The number of aromatic nitrogens is 2. The molecule has 1 atom stereocenters. The van der Waals surface area contributed by atoms with Crippen molar-refractivity contribution in [3.63, 3.8) is 0 Å². The van der Waals surface area contributed by atoms with Crippen molar-refractivity contribution in [3.8, 4) is 11.3 Å². The van der Waals surface area contributed by atoms with Gasteiger partial charge in [-0.2, -0.15) is 18.3 Å². The molecule has 3 rings (SSSR count). The summed E-state index contributed by atoms with van der Waals surface area (Å²) < 4.78 is 30.9. The molecule has 0 N–H and O–H groups in total. The van der Waals surface area contributed by atoms with E-state index in [0.717, 1.165) is 43.4 Å². The Bertz CT molecular complexity index is 782. The molecule has 0 aliphatic carbocycles. The lowest BCUT2D eigenvalue weighted by atomic mass is 9.67. The number of aryl methyl sites for hydroxylation is 1. The summed E-state index contributed by atoms with van der Waals surface area (Å²) in [5.41, 5.74) is 2.96. The van der Waals surface area contributed by atoms with Gasteiger partial charge in [0.2, 0.25) is 17.6 Å². The van der Waals surface area contributed by atoms with Crippen molar-refractivity contribution in [1.82, 2.24) is 4.98 Å². The van der Waals surface area contributed by atoms with E-state index in [9.17, 15) is 8.78 Å². The van der Waals surface area contributed by atoms with E-state index < -0.39 is 11.9 Å². The van der Waals surface area contributed by atoms with Crippen LogP contribution in [0.4, 0.5) is 8.78 Å². The van der Waals surface area contributed by atoms with Crippen LogP contribution in [0, 0.1) is 11.9 Å². The van der Waals surface area contributed by atoms with Gasteiger partial charge < -0.3 is 0 Å². The average Bonchev–Trinajstić information content (AvgIpc) is 2.60. The quantitative estimate of drug-likeness (QED) is 0.531. The Morgan fingerprint density at radius 3 is 2.52 bits per heavy atom. The zero-order valence-corrected chi connectivity index (χ0v) is 15.6. The van der Waals surface area contributed by atoms with Gasteiger partial charge in [-0.1, -0.05) is 27.2 Å². The molecule has 25 heavy (non-hydrogen) atoms. The van der Waals surface area contributed by atoms with Crippen molar-refractivity contribution in [2.24, 2.45) is 0 Å². The van der Waals surface area contributed by atoms with E-state index >= 15 is 0 Å². The highest BCUT2D eigenvalue weighted by molar-refractivity contribution is 5.65. The molecule has 3 heterocycles. The maximum atomic E-state index is 14.8. The summed E-state index contributed by atoms with van der Waals surface area (Å²) in [6.45, 7) is 8.51. The van der Waals surface area contributed by atoms with Gasteiger partial charge in [0.15, 0.2) is 12.2 Å². The van der Waals surface area contributed by atoms with Crippen molar-refractivity contribution in [3.05, 3.63) is 47.4 Å². The Hall–Kier alpha value is -1.84. The fraction of sp³-hybridized carbons (Fsp3) is 0.524. The molecule has 0 saturated carbocycles. The largest absolute Gasteiger partial charge is 0.229 e. The van der Waals surface area contributed by atoms with Crippen LogP contribution in [0.1, 0.15) is 70.5 Å². The van der Waals surface area contributed by atoms with Gasteiger partial charge in [0, 0.05) is 12.1 Å². The Balaban J connectivity index is 2.28. The number of halogens is 2. The number of nitrogens with zero attached hydrogens (tertiary/aromatic N) is 2. The maximum absolute atomic E-state index is 14.8. The van der Waals surface area contributed by atoms with Crippen LogP contribution in [-0.4, -0.2) is 4.98 Å². The first-order valence-electron chi connectivity index (χ1n) is 9.39. The molecule has 1 aliphatic rings. The van der Waals surface area contributed by atoms with Gasteiger partial charge in [-0.15, -0.1) is 0 Å². The first-order valence-corrected chi connectivity index (χ1v) is 9.39. The second kappa shape index (κ2) is 6.81. The van der Waals surface area contributed by atoms with Crippen LogP contribution in [0.3, 0.4) is 0 Å². The molecular weight excluding hydrogens is 318 g/mol. The van der Waals surface area contributed by atoms with Crippen LogP contribution in [-0.2, 0) is 11.8 Å². The number of pyridine rings is 2. The summed E-state index contributed by atoms with van der Waals surface area (Å²) in [7, 11) is 0. The number of fused-ring (bicyclic) bond motifs is 3. The molecular formula is C21H27F2N2+. The second-order valence-corrected chi connectivity index (χ2v) is 7.13. The molecule has 2 aromatic heterocycles. The molecule has 0 saturated heterocycles. The van der Waals surface area contributed by atoms with Gasteiger partial charge in [0.25, 0.3) is 0 Å². The molecule has 1 aliphatic heterocycles. The minimum absolute atomic E-state index is 0.131. The topological polar surface area (TPSA) is 16.8 Å². The van der Waals surface area contributed by atoms with Crippen molar-refractivity contribution in [2.75, 3.05) is 0 Å². The molecule has 0 spiro atoms. The van der Waals surface area contributed by atoms with Gasteiger partial charge in [-0.25, -0.2) is 0 Å². The Morgan fingerprint density at radius 1 is 1.16 bits per heavy atom. The van der Waals surface area contributed by atoms with Gasteiger partial charge in [0.1, 0.15) is 5.56 Å². The van der Waals surface area contributed by atoms with Crippen molar-refractivity contribution >= 4 is 0 Å². The third-order valence-electron chi connectivity index (χ3n) is 6.08. The van der Waals surface area contributed by atoms with E-state index in [1.807, 2.05) is 0 Å². The minimum atomic E-state index is -0.731. The predicted octanol–water partition coefficient (Wildman–Crippen LogP) is 5.29. The Morgan fingerprint density at radius 2 is 1.88 bits per heavy atom. The number of unbranched alkanes of at least 4 members (excludes halogenated alkanes) is 1. The molecule has 0 bridgehead atoms. The van der Waals surface area contributed by atoms with Crippen LogP contribution in [0.25, 0.3) is 11.3 Å². The van der Waals surface area contributed by atoms with Crippen LogP contribution in [0.5, 0.6) is 0 Å². The van der Waals surface area contributed by atoms with Crippen LogP contribution in [0.15, 0.2) is 24.4 Å². The first-order chi connectivity index (χ1) is 12.0. The summed E-state index contributed by atoms with van der Waals surface area (Å²) in [5, 5.41) is 0. The van der Waals surface area contributed by atoms with Gasteiger partial charge in [-0.3, -0.25) is 0 Å². The highest BCUT2D eigenvalue weighted by Gasteiger charge is 2.49. The molecule has 0 amide bonds. The highest BCUT2D eigenvalue weighted by Crippen LogP contribution is 2.47. The number of hydrogen-bond donors (Lipinski definition) is 0. The van der Waals surface area contributed by atoms with E-state index in [1.165, 1.54) is 11.6 Å². The Labute approximate surface area is 148 Å². The van der Waals surface area contributed by atoms with Gasteiger partial charge in [-0.05, 0) is 49.8 Å². The monoisotopic (exact) mass is 345 g/mol. The standard InChI is InChI=1S/C21H27F2N2/c1-5-8-9-15-10-11-25-14(4)21(6-2,7-3)16-13-18(22)24-20(23)19(16)17(25)12-15/h10-14H,5-9H2,1-4H3/q+1. The molecule has 4 heteroatoms. The van der Waals surface area contributed by atoms with E-state index in [1.54, 1.807) is 0 Å². The van der Waals surface area contributed by atoms with E-state index in [-0.39, 0.29) is 11.5 Å². The molecule has 134 valence electrons. The second-order valence-electron chi connectivity index (χ2n) is 7.13. The fourth-order valence-corrected chi connectivity index (χ4v) is 4.46. The predicted molar refractivity (Wildman–Crippen MR) is 95.4 cm³/mol. The third kappa shape index (κ3) is 2.76. The normalized spacial score (nSPS) is 17.9. The molecule has 0 fully saturated rings. The molecule has 1 unspecified atom stereocenters. The lowest BCUT2D eigenvalue weighted by molar-refractivity contribution is -0.721. The maximum Gasteiger partial charge on any atom is 0.229 e. The van der Waals surface area contributed by atoms with E-state index in [0.29, 0.717) is 5.56 Å². The molecule has 0 aromatic carbocycles. The molecule has 2 aromatic rings. The van der Waals surface area contributed by atoms with E-state index in [2.05, 4.69) is 55.6 Å². The third-order valence-corrected chi connectivity index (χ3v) is 6.08. The lowest BCUT2D eigenvalue weighted by Gasteiger charge is -2.39.